The average molecular weight is 492 g/mol. The Kier molecular flexibility index (Phi) is 7.62. The van der Waals surface area contributed by atoms with Crippen LogP contribution in [-0.4, -0.2) is 37.5 Å². The predicted octanol–water partition coefficient (Wildman–Crippen LogP) is 3.31. The summed E-state index contributed by atoms with van der Waals surface area (Å²) >= 11 is 0. The summed E-state index contributed by atoms with van der Waals surface area (Å²) in [5, 5.41) is 11.8. The lowest BCUT2D eigenvalue weighted by Gasteiger charge is -2.18. The van der Waals surface area contributed by atoms with Crippen LogP contribution >= 0.6 is 0 Å². The van der Waals surface area contributed by atoms with Crippen LogP contribution in [-0.2, 0) is 17.9 Å². The highest BCUT2D eigenvalue weighted by Crippen LogP contribution is 2.26. The fourth-order valence-electron chi connectivity index (χ4n) is 3.06. The van der Waals surface area contributed by atoms with E-state index in [0.29, 0.717) is 5.69 Å². The highest BCUT2D eigenvalue weighted by Gasteiger charge is 2.38. The molecule has 2 aromatic carbocycles. The molecular weight excluding hydrogens is 469 g/mol. The van der Waals surface area contributed by atoms with Gasteiger partial charge < -0.3 is 15.2 Å². The van der Waals surface area contributed by atoms with Crippen molar-refractivity contribution < 1.29 is 27.8 Å². The van der Waals surface area contributed by atoms with Crippen molar-refractivity contribution in [3.63, 3.8) is 0 Å². The molecule has 0 bridgehead atoms. The lowest BCUT2D eigenvalue weighted by molar-refractivity contribution is -0.189. The molecule has 1 heterocycles. The van der Waals surface area contributed by atoms with Crippen molar-refractivity contribution in [3.05, 3.63) is 80.6 Å². The Labute approximate surface area is 197 Å². The van der Waals surface area contributed by atoms with Crippen molar-refractivity contribution in [2.24, 2.45) is 0 Å². The van der Waals surface area contributed by atoms with E-state index < -0.39 is 36.0 Å². The fraction of sp³-hybridized carbons (Fsp3) is 0.304. The van der Waals surface area contributed by atoms with E-state index in [0.717, 1.165) is 22.6 Å². The first-order chi connectivity index (χ1) is 16.4. The molecule has 12 heteroatoms. The molecule has 1 aromatic heterocycles. The van der Waals surface area contributed by atoms with Gasteiger partial charge in [0.1, 0.15) is 5.75 Å². The summed E-state index contributed by atoms with van der Waals surface area (Å²) < 4.78 is 44.9. The molecular formula is C23H23F3N4O5. The maximum Gasteiger partial charge on any atom is 0.425 e. The number of anilines is 2. The minimum absolute atomic E-state index is 0.0190. The molecule has 0 aliphatic rings. The van der Waals surface area contributed by atoms with Gasteiger partial charge in [-0.25, -0.2) is 14.2 Å². The van der Waals surface area contributed by atoms with Crippen LogP contribution in [0.3, 0.4) is 0 Å². The molecule has 9 nitrogen and oxygen atoms in total. The molecule has 0 unspecified atom stereocenters. The van der Waals surface area contributed by atoms with Gasteiger partial charge in [-0.15, -0.1) is 0 Å². The number of halogens is 3. The number of benzene rings is 2. The monoisotopic (exact) mass is 492 g/mol. The van der Waals surface area contributed by atoms with Gasteiger partial charge in [-0.1, -0.05) is 29.8 Å². The highest BCUT2D eigenvalue weighted by atomic mass is 19.4. The number of aryl methyl sites for hydroxylation is 1. The van der Waals surface area contributed by atoms with Crippen molar-refractivity contribution in [1.82, 2.24) is 14.1 Å². The minimum atomic E-state index is -4.52. The van der Waals surface area contributed by atoms with Gasteiger partial charge >= 0.3 is 23.5 Å². The molecule has 3 rings (SSSR count). The first kappa shape index (κ1) is 25.5. The van der Waals surface area contributed by atoms with Crippen molar-refractivity contribution in [1.29, 1.82) is 0 Å². The third-order valence-electron chi connectivity index (χ3n) is 5.04. The summed E-state index contributed by atoms with van der Waals surface area (Å²) in [6.45, 7) is 2.47. The largest absolute Gasteiger partial charge is 0.481 e. The molecule has 0 fully saturated rings. The SMILES string of the molecule is Cc1ccc(Cn2c(Nc3ccc(O[C@H](C)C(F)(F)F)cc3)nc(=O)n(CCC(=O)O)c2=O)cc1. The van der Waals surface area contributed by atoms with Crippen LogP contribution in [0.4, 0.5) is 24.8 Å². The molecule has 2 N–H and O–H groups in total. The van der Waals surface area contributed by atoms with E-state index >= 15 is 0 Å². The normalized spacial score (nSPS) is 12.3. The smallest absolute Gasteiger partial charge is 0.425 e. The number of hydrogen-bond donors (Lipinski definition) is 2. The molecule has 0 aliphatic carbocycles. The molecule has 35 heavy (non-hydrogen) atoms. The first-order valence-corrected chi connectivity index (χ1v) is 10.5. The molecule has 3 aromatic rings. The number of carboxylic acids is 1. The van der Waals surface area contributed by atoms with E-state index in [-0.39, 0.29) is 24.8 Å². The number of carboxylic acid groups (broad SMARTS) is 1. The average Bonchev–Trinajstić information content (AvgIpc) is 2.78. The van der Waals surface area contributed by atoms with Crippen LogP contribution in [0.5, 0.6) is 5.75 Å². The third kappa shape index (κ3) is 6.71. The summed E-state index contributed by atoms with van der Waals surface area (Å²) in [6.07, 6.45) is -6.95. The quantitative estimate of drug-likeness (QED) is 0.471. The maximum atomic E-state index is 13.1. The van der Waals surface area contributed by atoms with Crippen molar-refractivity contribution in [2.45, 2.75) is 45.6 Å². The van der Waals surface area contributed by atoms with Crippen LogP contribution in [0.2, 0.25) is 0 Å². The molecule has 0 radical (unpaired) electrons. The standard InChI is InChI=1S/C23H23F3N4O5/c1-14-3-5-16(6-4-14)13-30-20(28-21(33)29(22(30)34)12-11-19(31)32)27-17-7-9-18(10-8-17)35-15(2)23(24,25)26/h3-10,15H,11-13H2,1-2H3,(H,31,32)(H,27,28,33)/t15-/m1/s1. The summed E-state index contributed by atoms with van der Waals surface area (Å²) in [5.74, 6) is -1.30. The van der Waals surface area contributed by atoms with E-state index in [1.165, 1.54) is 28.8 Å². The third-order valence-corrected chi connectivity index (χ3v) is 5.04. The number of hydrogen-bond acceptors (Lipinski definition) is 6. The van der Waals surface area contributed by atoms with Gasteiger partial charge in [0.2, 0.25) is 5.95 Å². The number of aliphatic carboxylic acids is 1. The predicted molar refractivity (Wildman–Crippen MR) is 121 cm³/mol. The molecule has 0 saturated carbocycles. The number of ether oxygens (including phenoxy) is 1. The number of carbonyl (C=O) groups is 1. The zero-order valence-electron chi connectivity index (χ0n) is 18.9. The second-order valence-electron chi connectivity index (χ2n) is 7.82. The summed E-state index contributed by atoms with van der Waals surface area (Å²) in [4.78, 5) is 40.4. The van der Waals surface area contributed by atoms with Gasteiger partial charge in [0, 0.05) is 12.2 Å². The molecule has 1 atom stereocenters. The van der Waals surface area contributed by atoms with E-state index in [1.807, 2.05) is 19.1 Å². The van der Waals surface area contributed by atoms with E-state index in [2.05, 4.69) is 10.3 Å². The molecule has 0 aliphatic heterocycles. The lowest BCUT2D eigenvalue weighted by atomic mass is 10.1. The van der Waals surface area contributed by atoms with Gasteiger partial charge in [0.05, 0.1) is 13.0 Å². The van der Waals surface area contributed by atoms with Crippen LogP contribution in [0.15, 0.2) is 58.1 Å². The first-order valence-electron chi connectivity index (χ1n) is 10.5. The Balaban J connectivity index is 1.94. The molecule has 0 spiro atoms. The minimum Gasteiger partial charge on any atom is -0.481 e. The van der Waals surface area contributed by atoms with E-state index in [4.69, 9.17) is 9.84 Å². The second kappa shape index (κ2) is 10.5. The van der Waals surface area contributed by atoms with Gasteiger partial charge in [-0.3, -0.25) is 9.36 Å². The van der Waals surface area contributed by atoms with Crippen molar-refractivity contribution in [3.8, 4) is 5.75 Å². The molecule has 0 amide bonds. The number of aromatic nitrogens is 3. The highest BCUT2D eigenvalue weighted by molar-refractivity contribution is 5.66. The second-order valence-corrected chi connectivity index (χ2v) is 7.82. The van der Waals surface area contributed by atoms with E-state index in [9.17, 15) is 27.6 Å². The zero-order valence-corrected chi connectivity index (χ0v) is 18.9. The van der Waals surface area contributed by atoms with Crippen LogP contribution < -0.4 is 21.4 Å². The summed E-state index contributed by atoms with van der Waals surface area (Å²) in [7, 11) is 0. The van der Waals surface area contributed by atoms with Crippen molar-refractivity contribution in [2.75, 3.05) is 5.32 Å². The van der Waals surface area contributed by atoms with Gasteiger partial charge in [-0.05, 0) is 43.7 Å². The van der Waals surface area contributed by atoms with Gasteiger partial charge in [-0.2, -0.15) is 18.2 Å². The van der Waals surface area contributed by atoms with Crippen LogP contribution in [0.25, 0.3) is 0 Å². The topological polar surface area (TPSA) is 115 Å². The van der Waals surface area contributed by atoms with Gasteiger partial charge in [0.15, 0.2) is 6.10 Å². The Morgan fingerprint density at radius 3 is 2.29 bits per heavy atom. The Hall–Kier alpha value is -4.09. The lowest BCUT2D eigenvalue weighted by Crippen LogP contribution is -2.43. The Bertz CT molecular complexity index is 1300. The number of alkyl halides is 3. The van der Waals surface area contributed by atoms with E-state index in [1.54, 1.807) is 12.1 Å². The Morgan fingerprint density at radius 2 is 1.71 bits per heavy atom. The molecule has 0 saturated heterocycles. The summed E-state index contributed by atoms with van der Waals surface area (Å²) in [6, 6.07) is 12.7. The fourth-order valence-corrected chi connectivity index (χ4v) is 3.06. The number of rotatable bonds is 9. The zero-order chi connectivity index (χ0) is 25.8. The number of nitrogens with zero attached hydrogens (tertiary/aromatic N) is 3. The Morgan fingerprint density at radius 1 is 1.09 bits per heavy atom. The molecule has 186 valence electrons. The van der Waals surface area contributed by atoms with Crippen LogP contribution in [0, 0.1) is 6.92 Å². The van der Waals surface area contributed by atoms with Gasteiger partial charge in [0.25, 0.3) is 0 Å². The van der Waals surface area contributed by atoms with Crippen molar-refractivity contribution >= 4 is 17.6 Å². The van der Waals surface area contributed by atoms with Crippen LogP contribution in [0.1, 0.15) is 24.5 Å². The maximum absolute atomic E-state index is 13.1. The number of nitrogens with one attached hydrogen (secondary N) is 1. The summed E-state index contributed by atoms with van der Waals surface area (Å²) in [5.41, 5.74) is 0.386.